The minimum atomic E-state index is -0.294. The first-order chi connectivity index (χ1) is 8.15. The number of hydrogen-bond donors (Lipinski definition) is 1. The zero-order chi connectivity index (χ0) is 12.3. The molecule has 86 valence electrons. The van der Waals surface area contributed by atoms with Crippen molar-refractivity contribution in [2.45, 2.75) is 0 Å². The highest BCUT2D eigenvalue weighted by Crippen LogP contribution is 2.11. The van der Waals surface area contributed by atoms with Gasteiger partial charge in [-0.1, -0.05) is 28.1 Å². The van der Waals surface area contributed by atoms with E-state index in [4.69, 9.17) is 5.73 Å². The van der Waals surface area contributed by atoms with Crippen LogP contribution in [0, 0.1) is 0 Å². The van der Waals surface area contributed by atoms with E-state index in [-0.39, 0.29) is 11.9 Å². The lowest BCUT2D eigenvalue weighted by atomic mass is 10.2. The molecule has 0 fully saturated rings. The third-order valence-electron chi connectivity index (χ3n) is 2.02. The molecule has 0 bridgehead atoms. The van der Waals surface area contributed by atoms with E-state index >= 15 is 0 Å². The van der Waals surface area contributed by atoms with Crippen LogP contribution < -0.4 is 5.73 Å². The minimum absolute atomic E-state index is 0.0791. The molecule has 0 unspecified atom stereocenters. The third-order valence-corrected chi connectivity index (χ3v) is 2.55. The normalized spacial score (nSPS) is 10.9. The maximum atomic E-state index is 11.6. The summed E-state index contributed by atoms with van der Waals surface area (Å²) in [5, 5.41) is 3.71. The topological polar surface area (TPSA) is 73.8 Å². The van der Waals surface area contributed by atoms with E-state index in [9.17, 15) is 4.79 Å². The molecule has 17 heavy (non-hydrogen) atoms. The van der Waals surface area contributed by atoms with Gasteiger partial charge >= 0.3 is 0 Å². The Bertz CT molecular complexity index is 559. The van der Waals surface area contributed by atoms with Gasteiger partial charge < -0.3 is 5.73 Å². The fourth-order valence-electron chi connectivity index (χ4n) is 1.20. The van der Waals surface area contributed by atoms with Crippen LogP contribution in [0.2, 0.25) is 0 Å². The summed E-state index contributed by atoms with van der Waals surface area (Å²) < 4.78 is 2.08. The summed E-state index contributed by atoms with van der Waals surface area (Å²) in [5.41, 5.74) is 6.24. The molecule has 0 radical (unpaired) electrons. The smallest absolute Gasteiger partial charge is 0.272 e. The summed E-state index contributed by atoms with van der Waals surface area (Å²) in [7, 11) is 0. The van der Waals surface area contributed by atoms with Gasteiger partial charge in [-0.05, 0) is 23.8 Å². The largest absolute Gasteiger partial charge is 0.366 e. The number of allylic oxidation sites excluding steroid dienone is 1. The Hall–Kier alpha value is -1.95. The summed E-state index contributed by atoms with van der Waals surface area (Å²) in [6, 6.07) is 7.59. The molecule has 0 aliphatic heterocycles. The maximum Gasteiger partial charge on any atom is 0.272 e. The van der Waals surface area contributed by atoms with Gasteiger partial charge in [-0.2, -0.15) is 4.68 Å². The molecule has 1 aromatic heterocycles. The Morgan fingerprint density at radius 2 is 2.06 bits per heavy atom. The first-order valence-corrected chi connectivity index (χ1v) is 5.59. The Balaban J connectivity index is 2.10. The number of halogens is 1. The standard InChI is InChI=1S/C11H9BrN4O/c12-9-4-1-8(2-5-9)3-6-10(17)16-7-14-11(13)15-16/h1-7H,(H2,13,15)/b6-3+. The van der Waals surface area contributed by atoms with Gasteiger partial charge in [0.15, 0.2) is 0 Å². The van der Waals surface area contributed by atoms with Crippen LogP contribution in [0.3, 0.4) is 0 Å². The van der Waals surface area contributed by atoms with Gasteiger partial charge in [0.25, 0.3) is 5.91 Å². The first-order valence-electron chi connectivity index (χ1n) is 4.80. The van der Waals surface area contributed by atoms with Crippen LogP contribution in [0.4, 0.5) is 5.95 Å². The van der Waals surface area contributed by atoms with Crippen molar-refractivity contribution in [3.8, 4) is 0 Å². The van der Waals surface area contributed by atoms with E-state index in [1.54, 1.807) is 6.08 Å². The zero-order valence-electron chi connectivity index (χ0n) is 8.75. The summed E-state index contributed by atoms with van der Waals surface area (Å²) >= 11 is 3.34. The number of anilines is 1. The van der Waals surface area contributed by atoms with Gasteiger partial charge in [-0.25, -0.2) is 4.98 Å². The predicted octanol–water partition coefficient (Wildman–Crippen LogP) is 1.98. The average Bonchev–Trinajstić information content (AvgIpc) is 2.75. The van der Waals surface area contributed by atoms with Crippen LogP contribution in [-0.4, -0.2) is 20.7 Å². The van der Waals surface area contributed by atoms with E-state index in [1.165, 1.54) is 12.4 Å². The highest BCUT2D eigenvalue weighted by molar-refractivity contribution is 9.10. The lowest BCUT2D eigenvalue weighted by Gasteiger charge is -1.94. The number of carbonyl (C=O) groups excluding carboxylic acids is 1. The minimum Gasteiger partial charge on any atom is -0.366 e. The van der Waals surface area contributed by atoms with E-state index in [0.29, 0.717) is 0 Å². The molecule has 2 rings (SSSR count). The van der Waals surface area contributed by atoms with Crippen LogP contribution in [0.15, 0.2) is 41.1 Å². The first kappa shape index (κ1) is 11.5. The van der Waals surface area contributed by atoms with E-state index in [1.807, 2.05) is 24.3 Å². The second kappa shape index (κ2) is 4.92. The van der Waals surface area contributed by atoms with Crippen molar-refractivity contribution in [3.63, 3.8) is 0 Å². The third kappa shape index (κ3) is 3.01. The summed E-state index contributed by atoms with van der Waals surface area (Å²) in [6.07, 6.45) is 4.40. The fraction of sp³-hybridized carbons (Fsp3) is 0. The SMILES string of the molecule is Nc1ncn(C(=O)/C=C/c2ccc(Br)cc2)n1. The van der Waals surface area contributed by atoms with Crippen molar-refractivity contribution >= 4 is 33.9 Å². The number of rotatable bonds is 2. The monoisotopic (exact) mass is 292 g/mol. The molecule has 2 N–H and O–H groups in total. The molecule has 0 saturated carbocycles. The van der Waals surface area contributed by atoms with Gasteiger partial charge in [0.1, 0.15) is 6.33 Å². The second-order valence-corrected chi connectivity index (χ2v) is 4.19. The summed E-state index contributed by atoms with van der Waals surface area (Å²) in [5.74, 6) is -0.215. The Morgan fingerprint density at radius 1 is 1.35 bits per heavy atom. The fourth-order valence-corrected chi connectivity index (χ4v) is 1.46. The van der Waals surface area contributed by atoms with E-state index < -0.39 is 0 Å². The van der Waals surface area contributed by atoms with Gasteiger partial charge in [0.05, 0.1) is 0 Å². The van der Waals surface area contributed by atoms with Crippen LogP contribution in [0.5, 0.6) is 0 Å². The van der Waals surface area contributed by atoms with Crippen LogP contribution in [0.25, 0.3) is 6.08 Å². The van der Waals surface area contributed by atoms with Gasteiger partial charge in [-0.15, -0.1) is 5.10 Å². The van der Waals surface area contributed by atoms with Crippen molar-refractivity contribution in [3.05, 3.63) is 46.7 Å². The molecule has 0 saturated heterocycles. The second-order valence-electron chi connectivity index (χ2n) is 3.27. The Labute approximate surface area is 106 Å². The number of aromatic nitrogens is 3. The Kier molecular flexibility index (Phi) is 3.34. The van der Waals surface area contributed by atoms with Crippen LogP contribution in [-0.2, 0) is 0 Å². The van der Waals surface area contributed by atoms with Crippen molar-refractivity contribution in [2.24, 2.45) is 0 Å². The molecule has 0 spiro atoms. The molecular weight excluding hydrogens is 284 g/mol. The lowest BCUT2D eigenvalue weighted by Crippen LogP contribution is -2.07. The molecule has 1 aromatic carbocycles. The molecule has 1 heterocycles. The summed E-state index contributed by atoms with van der Waals surface area (Å²) in [4.78, 5) is 15.3. The number of nitrogen functional groups attached to an aromatic ring is 1. The Morgan fingerprint density at radius 3 is 2.65 bits per heavy atom. The molecule has 0 atom stereocenters. The maximum absolute atomic E-state index is 11.6. The molecule has 0 amide bonds. The molecule has 0 aliphatic carbocycles. The molecule has 0 aliphatic rings. The van der Waals surface area contributed by atoms with Gasteiger partial charge in [0, 0.05) is 10.5 Å². The predicted molar refractivity (Wildman–Crippen MR) is 68.2 cm³/mol. The number of nitrogens with two attached hydrogens (primary N) is 1. The zero-order valence-corrected chi connectivity index (χ0v) is 10.3. The van der Waals surface area contributed by atoms with E-state index in [2.05, 4.69) is 26.0 Å². The molecule has 2 aromatic rings. The van der Waals surface area contributed by atoms with Crippen molar-refractivity contribution < 1.29 is 4.79 Å². The van der Waals surface area contributed by atoms with Gasteiger partial charge in [-0.3, -0.25) is 4.79 Å². The lowest BCUT2D eigenvalue weighted by molar-refractivity contribution is 0.0955. The highest BCUT2D eigenvalue weighted by Gasteiger charge is 2.02. The number of hydrogen-bond acceptors (Lipinski definition) is 4. The van der Waals surface area contributed by atoms with Crippen LogP contribution >= 0.6 is 15.9 Å². The van der Waals surface area contributed by atoms with Crippen LogP contribution in [0.1, 0.15) is 10.4 Å². The molecule has 6 heteroatoms. The van der Waals surface area contributed by atoms with Gasteiger partial charge in [0.2, 0.25) is 5.95 Å². The summed E-state index contributed by atoms with van der Waals surface area (Å²) in [6.45, 7) is 0. The van der Waals surface area contributed by atoms with E-state index in [0.717, 1.165) is 14.7 Å². The highest BCUT2D eigenvalue weighted by atomic mass is 79.9. The van der Waals surface area contributed by atoms with Crippen molar-refractivity contribution in [1.82, 2.24) is 14.8 Å². The number of nitrogens with zero attached hydrogens (tertiary/aromatic N) is 3. The molecular formula is C11H9BrN4O. The number of benzene rings is 1. The van der Waals surface area contributed by atoms with Crippen molar-refractivity contribution in [1.29, 1.82) is 0 Å². The average molecular weight is 293 g/mol. The quantitative estimate of drug-likeness (QED) is 0.859. The molecule has 5 nitrogen and oxygen atoms in total. The van der Waals surface area contributed by atoms with Crippen molar-refractivity contribution in [2.75, 3.05) is 5.73 Å². The number of carbonyl (C=O) groups is 1.